The molecule has 0 bridgehead atoms. The minimum absolute atomic E-state index is 0.00359. The van der Waals surface area contributed by atoms with E-state index < -0.39 is 0 Å². The molecule has 0 aliphatic heterocycles. The van der Waals surface area contributed by atoms with E-state index in [1.54, 1.807) is 19.2 Å². The number of amides is 1. The second-order valence-electron chi connectivity index (χ2n) is 6.18. The molecule has 2 aromatic rings. The van der Waals surface area contributed by atoms with Gasteiger partial charge in [-0.3, -0.25) is 4.79 Å². The van der Waals surface area contributed by atoms with Gasteiger partial charge in [0, 0.05) is 6.54 Å². The first-order valence-electron chi connectivity index (χ1n) is 8.88. The monoisotopic (exact) mass is 357 g/mol. The smallest absolute Gasteiger partial charge is 0.255 e. The highest BCUT2D eigenvalue weighted by Crippen LogP contribution is 2.28. The highest BCUT2D eigenvalue weighted by molar-refractivity contribution is 5.96. The lowest BCUT2D eigenvalue weighted by atomic mass is 10.1. The molecule has 0 fully saturated rings. The van der Waals surface area contributed by atoms with Gasteiger partial charge in [-0.05, 0) is 50.1 Å². The lowest BCUT2D eigenvalue weighted by Crippen LogP contribution is -2.24. The summed E-state index contributed by atoms with van der Waals surface area (Å²) in [7, 11) is 1.61. The van der Waals surface area contributed by atoms with Gasteiger partial charge in [0.2, 0.25) is 0 Å². The quantitative estimate of drug-likeness (QED) is 0.731. The summed E-state index contributed by atoms with van der Waals surface area (Å²) >= 11 is 0. The van der Waals surface area contributed by atoms with E-state index in [-0.39, 0.29) is 12.0 Å². The molecule has 0 radical (unpaired) electrons. The number of carbonyl (C=O) groups is 1. The third kappa shape index (κ3) is 5.41. The summed E-state index contributed by atoms with van der Waals surface area (Å²) in [5.74, 6) is 1.78. The van der Waals surface area contributed by atoms with Crippen molar-refractivity contribution in [3.05, 3.63) is 53.6 Å². The number of methoxy groups -OCH3 is 1. The van der Waals surface area contributed by atoms with Crippen LogP contribution in [0.3, 0.4) is 0 Å². The van der Waals surface area contributed by atoms with Crippen LogP contribution in [0.15, 0.2) is 42.5 Å². The Morgan fingerprint density at radius 3 is 2.54 bits per heavy atom. The highest BCUT2D eigenvalue weighted by atomic mass is 16.5. The largest absolute Gasteiger partial charge is 0.493 e. The average Bonchev–Trinajstić information content (AvgIpc) is 2.64. The third-order valence-electron chi connectivity index (χ3n) is 3.64. The first-order chi connectivity index (χ1) is 12.5. The second kappa shape index (κ2) is 9.70. The SMILES string of the molecule is CCCOc1ccc(CNC(=O)c2ccccc2OC(C)C)cc1OC. The highest BCUT2D eigenvalue weighted by Gasteiger charge is 2.13. The Kier molecular flexibility index (Phi) is 7.33. The van der Waals surface area contributed by atoms with Crippen molar-refractivity contribution < 1.29 is 19.0 Å². The Bertz CT molecular complexity index is 728. The maximum absolute atomic E-state index is 12.5. The van der Waals surface area contributed by atoms with Crippen molar-refractivity contribution in [2.24, 2.45) is 0 Å². The Labute approximate surface area is 155 Å². The molecule has 0 saturated heterocycles. The lowest BCUT2D eigenvalue weighted by Gasteiger charge is -2.15. The third-order valence-corrected chi connectivity index (χ3v) is 3.64. The molecule has 0 aliphatic rings. The zero-order valence-corrected chi connectivity index (χ0v) is 15.9. The van der Waals surface area contributed by atoms with E-state index in [4.69, 9.17) is 14.2 Å². The molecule has 2 aromatic carbocycles. The first-order valence-corrected chi connectivity index (χ1v) is 8.88. The standard InChI is InChI=1S/C21H27NO4/c1-5-12-25-19-11-10-16(13-20(19)24-4)14-22-21(23)17-8-6-7-9-18(17)26-15(2)3/h6-11,13,15H,5,12,14H2,1-4H3,(H,22,23). The fourth-order valence-electron chi connectivity index (χ4n) is 2.44. The van der Waals surface area contributed by atoms with Crippen LogP contribution >= 0.6 is 0 Å². The van der Waals surface area contributed by atoms with Gasteiger partial charge in [-0.2, -0.15) is 0 Å². The summed E-state index contributed by atoms with van der Waals surface area (Å²) in [6.45, 7) is 6.95. The number of para-hydroxylation sites is 1. The van der Waals surface area contributed by atoms with E-state index in [0.29, 0.717) is 36.0 Å². The summed E-state index contributed by atoms with van der Waals surface area (Å²) < 4.78 is 16.7. The predicted molar refractivity (Wildman–Crippen MR) is 102 cm³/mol. The van der Waals surface area contributed by atoms with Gasteiger partial charge in [-0.25, -0.2) is 0 Å². The van der Waals surface area contributed by atoms with Crippen LogP contribution in [0.1, 0.15) is 43.1 Å². The lowest BCUT2D eigenvalue weighted by molar-refractivity contribution is 0.0945. The number of hydrogen-bond acceptors (Lipinski definition) is 4. The Morgan fingerprint density at radius 2 is 1.85 bits per heavy atom. The second-order valence-corrected chi connectivity index (χ2v) is 6.18. The number of hydrogen-bond donors (Lipinski definition) is 1. The van der Waals surface area contributed by atoms with E-state index in [1.165, 1.54) is 0 Å². The van der Waals surface area contributed by atoms with Crippen molar-refractivity contribution in [3.8, 4) is 17.2 Å². The van der Waals surface area contributed by atoms with Crippen molar-refractivity contribution in [1.29, 1.82) is 0 Å². The fraction of sp³-hybridized carbons (Fsp3) is 0.381. The van der Waals surface area contributed by atoms with Gasteiger partial charge in [0.15, 0.2) is 11.5 Å². The number of rotatable bonds is 9. The fourth-order valence-corrected chi connectivity index (χ4v) is 2.44. The van der Waals surface area contributed by atoms with Gasteiger partial charge in [0.05, 0.1) is 25.4 Å². The van der Waals surface area contributed by atoms with Crippen LogP contribution in [0.2, 0.25) is 0 Å². The molecule has 5 nitrogen and oxygen atoms in total. The number of ether oxygens (including phenoxy) is 3. The van der Waals surface area contributed by atoms with Crippen molar-refractivity contribution in [3.63, 3.8) is 0 Å². The molecule has 0 heterocycles. The molecule has 1 amide bonds. The molecular formula is C21H27NO4. The Morgan fingerprint density at radius 1 is 1.08 bits per heavy atom. The number of nitrogens with one attached hydrogen (secondary N) is 1. The van der Waals surface area contributed by atoms with E-state index in [2.05, 4.69) is 12.2 Å². The number of benzene rings is 2. The minimum atomic E-state index is -0.175. The van der Waals surface area contributed by atoms with E-state index in [1.807, 2.05) is 44.2 Å². The summed E-state index contributed by atoms with van der Waals surface area (Å²) in [6, 6.07) is 12.9. The Hall–Kier alpha value is -2.69. The Balaban J connectivity index is 2.05. The molecule has 0 saturated carbocycles. The number of carbonyl (C=O) groups excluding carboxylic acids is 1. The van der Waals surface area contributed by atoms with Gasteiger partial charge >= 0.3 is 0 Å². The van der Waals surface area contributed by atoms with Gasteiger partial charge < -0.3 is 19.5 Å². The van der Waals surface area contributed by atoms with Gasteiger partial charge in [0.25, 0.3) is 5.91 Å². The summed E-state index contributed by atoms with van der Waals surface area (Å²) in [5, 5.41) is 2.93. The molecule has 5 heteroatoms. The maximum Gasteiger partial charge on any atom is 0.255 e. The summed E-state index contributed by atoms with van der Waals surface area (Å²) in [4.78, 5) is 12.5. The van der Waals surface area contributed by atoms with Crippen molar-refractivity contribution in [1.82, 2.24) is 5.32 Å². The first kappa shape index (κ1) is 19.6. The topological polar surface area (TPSA) is 56.8 Å². The molecule has 0 atom stereocenters. The van der Waals surface area contributed by atoms with Crippen LogP contribution in [0.5, 0.6) is 17.2 Å². The van der Waals surface area contributed by atoms with Crippen LogP contribution in [0, 0.1) is 0 Å². The molecular weight excluding hydrogens is 330 g/mol. The van der Waals surface area contributed by atoms with Crippen LogP contribution in [-0.4, -0.2) is 25.7 Å². The van der Waals surface area contributed by atoms with Crippen molar-refractivity contribution >= 4 is 5.91 Å². The van der Waals surface area contributed by atoms with E-state index in [9.17, 15) is 4.79 Å². The normalized spacial score (nSPS) is 10.5. The van der Waals surface area contributed by atoms with Crippen LogP contribution < -0.4 is 19.5 Å². The maximum atomic E-state index is 12.5. The van der Waals surface area contributed by atoms with Crippen LogP contribution in [0.25, 0.3) is 0 Å². The predicted octanol–water partition coefficient (Wildman–Crippen LogP) is 4.20. The molecule has 0 aromatic heterocycles. The minimum Gasteiger partial charge on any atom is -0.493 e. The summed E-state index contributed by atoms with van der Waals surface area (Å²) in [6.07, 6.45) is 0.933. The zero-order valence-electron chi connectivity index (χ0n) is 15.9. The van der Waals surface area contributed by atoms with Gasteiger partial charge in [-0.15, -0.1) is 0 Å². The van der Waals surface area contributed by atoms with Crippen molar-refractivity contribution in [2.45, 2.75) is 39.8 Å². The molecule has 140 valence electrons. The molecule has 26 heavy (non-hydrogen) atoms. The van der Waals surface area contributed by atoms with Crippen molar-refractivity contribution in [2.75, 3.05) is 13.7 Å². The van der Waals surface area contributed by atoms with Gasteiger partial charge in [-0.1, -0.05) is 25.1 Å². The average molecular weight is 357 g/mol. The van der Waals surface area contributed by atoms with E-state index >= 15 is 0 Å². The molecule has 2 rings (SSSR count). The van der Waals surface area contributed by atoms with Crippen LogP contribution in [0.4, 0.5) is 0 Å². The summed E-state index contributed by atoms with van der Waals surface area (Å²) in [5.41, 5.74) is 1.46. The zero-order chi connectivity index (χ0) is 18.9. The molecule has 1 N–H and O–H groups in total. The molecule has 0 aliphatic carbocycles. The molecule has 0 spiro atoms. The van der Waals surface area contributed by atoms with Gasteiger partial charge in [0.1, 0.15) is 5.75 Å². The van der Waals surface area contributed by atoms with E-state index in [0.717, 1.165) is 12.0 Å². The molecule has 0 unspecified atom stereocenters. The van der Waals surface area contributed by atoms with Crippen LogP contribution in [-0.2, 0) is 6.54 Å².